The zero-order valence-electron chi connectivity index (χ0n) is 15.4. The molecule has 0 saturated heterocycles. The van der Waals surface area contributed by atoms with Crippen molar-refractivity contribution in [3.05, 3.63) is 82.5 Å². The van der Waals surface area contributed by atoms with Gasteiger partial charge in [-0.2, -0.15) is 0 Å². The average molecular weight is 436 g/mol. The second-order valence-electron chi connectivity index (χ2n) is 6.44. The number of rotatable bonds is 4. The van der Waals surface area contributed by atoms with Gasteiger partial charge in [0.2, 0.25) is 0 Å². The third-order valence-corrected chi connectivity index (χ3v) is 4.94. The van der Waals surface area contributed by atoms with E-state index in [1.807, 2.05) is 66.1 Å². The number of nitrogens with one attached hydrogen (secondary N) is 1. The molecular formula is C22H18BrN3O2. The maximum absolute atomic E-state index is 12.9. The summed E-state index contributed by atoms with van der Waals surface area (Å²) in [6.45, 7) is 2.01. The number of hydrogen-bond donors (Lipinski definition) is 1. The van der Waals surface area contributed by atoms with Crippen LogP contribution in [0.1, 0.15) is 15.9 Å². The van der Waals surface area contributed by atoms with E-state index in [4.69, 9.17) is 9.72 Å². The first-order valence-electron chi connectivity index (χ1n) is 8.75. The minimum Gasteiger partial charge on any atom is -0.497 e. The molecule has 0 spiro atoms. The Labute approximate surface area is 171 Å². The van der Waals surface area contributed by atoms with Gasteiger partial charge in [0.25, 0.3) is 5.91 Å². The molecule has 5 nitrogen and oxygen atoms in total. The fourth-order valence-electron chi connectivity index (χ4n) is 3.03. The second-order valence-corrected chi connectivity index (χ2v) is 7.35. The van der Waals surface area contributed by atoms with Crippen LogP contribution in [-0.4, -0.2) is 22.4 Å². The fraction of sp³-hybridized carbons (Fsp3) is 0.0909. The zero-order valence-corrected chi connectivity index (χ0v) is 17.0. The van der Waals surface area contributed by atoms with Crippen molar-refractivity contribution in [2.75, 3.05) is 12.4 Å². The predicted molar refractivity (Wildman–Crippen MR) is 114 cm³/mol. The Hall–Kier alpha value is -3.12. The summed E-state index contributed by atoms with van der Waals surface area (Å²) >= 11 is 3.41. The fourth-order valence-corrected chi connectivity index (χ4v) is 3.43. The van der Waals surface area contributed by atoms with Crippen molar-refractivity contribution >= 4 is 33.3 Å². The summed E-state index contributed by atoms with van der Waals surface area (Å²) in [5.74, 6) is 1.20. The molecule has 6 heteroatoms. The Balaban J connectivity index is 1.82. The molecule has 0 bridgehead atoms. The van der Waals surface area contributed by atoms with Crippen molar-refractivity contribution in [2.24, 2.45) is 0 Å². The van der Waals surface area contributed by atoms with Crippen molar-refractivity contribution < 1.29 is 9.53 Å². The van der Waals surface area contributed by atoms with Crippen molar-refractivity contribution in [2.45, 2.75) is 6.92 Å². The monoisotopic (exact) mass is 435 g/mol. The first kappa shape index (κ1) is 18.3. The third kappa shape index (κ3) is 3.51. The lowest BCUT2D eigenvalue weighted by atomic mass is 10.1. The van der Waals surface area contributed by atoms with E-state index in [9.17, 15) is 4.79 Å². The molecule has 140 valence electrons. The van der Waals surface area contributed by atoms with Gasteiger partial charge in [-0.3, -0.25) is 9.20 Å². The number of carbonyl (C=O) groups is 1. The van der Waals surface area contributed by atoms with E-state index in [1.165, 1.54) is 0 Å². The number of pyridine rings is 1. The number of aryl methyl sites for hydroxylation is 1. The highest BCUT2D eigenvalue weighted by molar-refractivity contribution is 9.10. The number of methoxy groups -OCH3 is 1. The van der Waals surface area contributed by atoms with Gasteiger partial charge in [-0.25, -0.2) is 4.98 Å². The normalized spacial score (nSPS) is 10.8. The van der Waals surface area contributed by atoms with Crippen molar-refractivity contribution in [3.63, 3.8) is 0 Å². The SMILES string of the molecule is COc1ccc(-c2nc3ccc(C)cn3c2NC(=O)c2cccc(Br)c2)cc1. The van der Waals surface area contributed by atoms with Crippen molar-refractivity contribution in [1.29, 1.82) is 0 Å². The highest BCUT2D eigenvalue weighted by Crippen LogP contribution is 2.31. The number of nitrogens with zero attached hydrogens (tertiary/aromatic N) is 2. The summed E-state index contributed by atoms with van der Waals surface area (Å²) in [5.41, 5.74) is 4.01. The number of aromatic nitrogens is 2. The first-order valence-corrected chi connectivity index (χ1v) is 9.54. The number of imidazole rings is 1. The molecule has 2 aromatic carbocycles. The Morgan fingerprint density at radius 3 is 2.61 bits per heavy atom. The van der Waals surface area contributed by atoms with Gasteiger partial charge in [0, 0.05) is 21.8 Å². The highest BCUT2D eigenvalue weighted by Gasteiger charge is 2.17. The zero-order chi connectivity index (χ0) is 19.7. The molecule has 28 heavy (non-hydrogen) atoms. The van der Waals surface area contributed by atoms with Crippen LogP contribution in [0.3, 0.4) is 0 Å². The minimum absolute atomic E-state index is 0.195. The number of fused-ring (bicyclic) bond motifs is 1. The quantitative estimate of drug-likeness (QED) is 0.470. The van der Waals surface area contributed by atoms with Crippen molar-refractivity contribution in [1.82, 2.24) is 9.38 Å². The summed E-state index contributed by atoms with van der Waals surface area (Å²) in [6, 6.07) is 18.9. The average Bonchev–Trinajstić information content (AvgIpc) is 3.05. The van der Waals surface area contributed by atoms with Crippen LogP contribution in [0.15, 0.2) is 71.3 Å². The maximum atomic E-state index is 12.9. The van der Waals surface area contributed by atoms with Crippen molar-refractivity contribution in [3.8, 4) is 17.0 Å². The smallest absolute Gasteiger partial charge is 0.256 e. The maximum Gasteiger partial charge on any atom is 0.256 e. The number of hydrogen-bond acceptors (Lipinski definition) is 3. The Bertz CT molecular complexity index is 1170. The highest BCUT2D eigenvalue weighted by atomic mass is 79.9. The molecule has 0 aliphatic carbocycles. The third-order valence-electron chi connectivity index (χ3n) is 4.45. The molecule has 0 radical (unpaired) electrons. The van der Waals surface area contributed by atoms with Gasteiger partial charge in [-0.1, -0.05) is 28.1 Å². The lowest BCUT2D eigenvalue weighted by Crippen LogP contribution is -2.14. The Kier molecular flexibility index (Phi) is 4.88. The van der Waals surface area contributed by atoms with Gasteiger partial charge in [-0.15, -0.1) is 0 Å². The molecule has 0 saturated carbocycles. The van der Waals surface area contributed by atoms with Crippen LogP contribution in [0.25, 0.3) is 16.9 Å². The predicted octanol–water partition coefficient (Wildman–Crippen LogP) is 5.33. The molecule has 0 fully saturated rings. The lowest BCUT2D eigenvalue weighted by molar-refractivity contribution is 0.102. The Morgan fingerprint density at radius 1 is 1.11 bits per heavy atom. The van der Waals surface area contributed by atoms with Crippen LogP contribution in [0, 0.1) is 6.92 Å². The van der Waals surface area contributed by atoms with E-state index < -0.39 is 0 Å². The summed E-state index contributed by atoms with van der Waals surface area (Å²) in [7, 11) is 1.63. The summed E-state index contributed by atoms with van der Waals surface area (Å²) in [6.07, 6.45) is 1.96. The van der Waals surface area contributed by atoms with E-state index in [-0.39, 0.29) is 5.91 Å². The molecule has 0 aliphatic rings. The lowest BCUT2D eigenvalue weighted by Gasteiger charge is -2.09. The second kappa shape index (κ2) is 7.48. The number of ether oxygens (including phenoxy) is 1. The number of anilines is 1. The minimum atomic E-state index is -0.195. The summed E-state index contributed by atoms with van der Waals surface area (Å²) in [4.78, 5) is 17.6. The van der Waals surface area contributed by atoms with Crippen LogP contribution < -0.4 is 10.1 Å². The number of benzene rings is 2. The van der Waals surface area contributed by atoms with Gasteiger partial charge >= 0.3 is 0 Å². The number of carbonyl (C=O) groups excluding carboxylic acids is 1. The standard InChI is InChI=1S/C22H18BrN3O2/c1-14-6-11-19-24-20(15-7-9-18(28-2)10-8-15)21(26(19)13-14)25-22(27)16-4-3-5-17(23)12-16/h3-13H,1-2H3,(H,25,27). The van der Waals surface area contributed by atoms with E-state index in [1.54, 1.807) is 19.2 Å². The van der Waals surface area contributed by atoms with Crippen LogP contribution in [0.5, 0.6) is 5.75 Å². The summed E-state index contributed by atoms with van der Waals surface area (Å²) < 4.78 is 8.00. The molecule has 0 aliphatic heterocycles. The molecule has 4 aromatic rings. The van der Waals surface area contributed by atoms with Gasteiger partial charge in [0.15, 0.2) is 0 Å². The van der Waals surface area contributed by atoms with E-state index in [2.05, 4.69) is 21.2 Å². The first-order chi connectivity index (χ1) is 13.5. The molecule has 2 aromatic heterocycles. The largest absolute Gasteiger partial charge is 0.497 e. The van der Waals surface area contributed by atoms with Gasteiger partial charge in [0.1, 0.15) is 22.9 Å². The van der Waals surface area contributed by atoms with Gasteiger partial charge < -0.3 is 10.1 Å². The molecule has 1 N–H and O–H groups in total. The Morgan fingerprint density at radius 2 is 1.89 bits per heavy atom. The van der Waals surface area contributed by atoms with Crippen LogP contribution >= 0.6 is 15.9 Å². The van der Waals surface area contributed by atoms with Crippen LogP contribution in [0.2, 0.25) is 0 Å². The molecule has 0 unspecified atom stereocenters. The van der Waals surface area contributed by atoms with E-state index in [0.717, 1.165) is 27.0 Å². The molecule has 1 amide bonds. The molecular weight excluding hydrogens is 418 g/mol. The number of halogens is 1. The number of amides is 1. The van der Waals surface area contributed by atoms with E-state index in [0.29, 0.717) is 17.1 Å². The topological polar surface area (TPSA) is 55.6 Å². The van der Waals surface area contributed by atoms with Crippen LogP contribution in [-0.2, 0) is 0 Å². The summed E-state index contributed by atoms with van der Waals surface area (Å²) in [5, 5.41) is 3.04. The van der Waals surface area contributed by atoms with Gasteiger partial charge in [0.05, 0.1) is 7.11 Å². The molecule has 4 rings (SSSR count). The van der Waals surface area contributed by atoms with E-state index >= 15 is 0 Å². The van der Waals surface area contributed by atoms with Crippen LogP contribution in [0.4, 0.5) is 5.82 Å². The molecule has 2 heterocycles. The molecule has 0 atom stereocenters. The van der Waals surface area contributed by atoms with Gasteiger partial charge in [-0.05, 0) is 61.0 Å².